The van der Waals surface area contributed by atoms with E-state index < -0.39 is 35.1 Å². The first kappa shape index (κ1) is 41.8. The molecule has 2 aromatic heterocycles. The molecule has 0 aliphatic carbocycles. The van der Waals surface area contributed by atoms with Crippen molar-refractivity contribution in [2.75, 3.05) is 39.6 Å². The molecule has 7 rings (SSSR count). The van der Waals surface area contributed by atoms with E-state index in [0.29, 0.717) is 35.2 Å². The number of aliphatic hydroxyl groups is 1. The third-order valence-corrected chi connectivity index (χ3v) is 11.9. The van der Waals surface area contributed by atoms with Gasteiger partial charge < -0.3 is 39.0 Å². The number of carbonyl (C=O) groups is 3. The summed E-state index contributed by atoms with van der Waals surface area (Å²) < 4.78 is 33.4. The van der Waals surface area contributed by atoms with Gasteiger partial charge in [0.2, 0.25) is 5.91 Å². The zero-order valence-electron chi connectivity index (χ0n) is 35.0. The maximum atomic E-state index is 15.2. The molecule has 5 heterocycles. The van der Waals surface area contributed by atoms with E-state index in [2.05, 4.69) is 29.6 Å². The number of hydrogen-bond acceptors (Lipinski definition) is 10. The van der Waals surface area contributed by atoms with E-state index in [-0.39, 0.29) is 47.9 Å². The second kappa shape index (κ2) is 15.7. The number of cyclic esters (lactones) is 1. The SMILES string of the molecule is CC[C@@]1(O)C(=O)OCc2c1cc1n(c2=O)Cc2c-1nc1cc(F)c(OC)cc1c2CN1CCC([N+](C)(C)Cc2ccc(NC(=O)[C@H](C)NC(=O)OC(C)(C)C)cc2)CC1. The van der Waals surface area contributed by atoms with Gasteiger partial charge in [-0.1, -0.05) is 19.1 Å². The molecule has 15 heteroatoms. The van der Waals surface area contributed by atoms with E-state index in [0.717, 1.165) is 59.0 Å². The van der Waals surface area contributed by atoms with E-state index in [1.165, 1.54) is 13.2 Å². The molecular formula is C44H54FN6O8+. The number of pyridine rings is 2. The van der Waals surface area contributed by atoms with Crippen LogP contribution in [0.5, 0.6) is 5.75 Å². The number of benzene rings is 2. The number of rotatable bonds is 10. The maximum Gasteiger partial charge on any atom is 0.408 e. The summed E-state index contributed by atoms with van der Waals surface area (Å²) in [5.41, 5.74) is 2.45. The summed E-state index contributed by atoms with van der Waals surface area (Å²) in [5, 5.41) is 17.5. The van der Waals surface area contributed by atoms with Gasteiger partial charge in [-0.3, -0.25) is 14.5 Å². The first-order valence-corrected chi connectivity index (χ1v) is 20.1. The van der Waals surface area contributed by atoms with Crippen LogP contribution < -0.4 is 20.9 Å². The van der Waals surface area contributed by atoms with Crippen molar-refractivity contribution in [2.45, 2.75) is 103 Å². The summed E-state index contributed by atoms with van der Waals surface area (Å²) in [4.78, 5) is 58.8. The first-order chi connectivity index (χ1) is 27.8. The minimum atomic E-state index is -1.95. The number of methoxy groups -OCH3 is 1. The Bertz CT molecular complexity index is 2380. The van der Waals surface area contributed by atoms with Gasteiger partial charge in [-0.15, -0.1) is 0 Å². The molecule has 0 saturated carbocycles. The number of nitrogens with zero attached hydrogens (tertiary/aromatic N) is 4. The zero-order chi connectivity index (χ0) is 42.6. The van der Waals surface area contributed by atoms with Gasteiger partial charge in [-0.25, -0.2) is 19.0 Å². The molecule has 3 aliphatic heterocycles. The van der Waals surface area contributed by atoms with Crippen LogP contribution in [0.15, 0.2) is 47.3 Å². The Kier molecular flexibility index (Phi) is 11.1. The molecule has 3 aliphatic rings. The third-order valence-electron chi connectivity index (χ3n) is 11.9. The van der Waals surface area contributed by atoms with E-state index >= 15 is 4.39 Å². The normalized spacial score (nSPS) is 18.7. The van der Waals surface area contributed by atoms with Gasteiger partial charge in [0.15, 0.2) is 17.2 Å². The Morgan fingerprint density at radius 1 is 1.10 bits per heavy atom. The fourth-order valence-corrected chi connectivity index (χ4v) is 8.59. The minimum absolute atomic E-state index is 0.0325. The topological polar surface area (TPSA) is 161 Å². The molecule has 2 aromatic carbocycles. The molecule has 1 saturated heterocycles. The second-order valence-electron chi connectivity index (χ2n) is 17.5. The van der Waals surface area contributed by atoms with Crippen LogP contribution in [0, 0.1) is 5.82 Å². The number of likely N-dealkylation sites (tertiary alicyclic amines) is 1. The molecule has 0 bridgehead atoms. The molecule has 14 nitrogen and oxygen atoms in total. The number of aromatic nitrogens is 2. The van der Waals surface area contributed by atoms with Gasteiger partial charge in [0, 0.05) is 66.3 Å². The van der Waals surface area contributed by atoms with Crippen LogP contribution in [0.3, 0.4) is 0 Å². The van der Waals surface area contributed by atoms with Crippen LogP contribution in [-0.2, 0) is 50.9 Å². The highest BCUT2D eigenvalue weighted by atomic mass is 19.1. The number of quaternary nitrogens is 1. The fourth-order valence-electron chi connectivity index (χ4n) is 8.59. The molecule has 1 fully saturated rings. The lowest BCUT2D eigenvalue weighted by Gasteiger charge is -2.43. The first-order valence-electron chi connectivity index (χ1n) is 20.1. The van der Waals surface area contributed by atoms with Crippen LogP contribution in [-0.4, -0.2) is 94.0 Å². The number of anilines is 1. The standard InChI is InChI=1S/C44H53FN6O8/c1-9-44(56)33-19-36-38-31(22-50(36)40(53)32(33)24-58-41(44)54)30(29-18-37(57-8)34(45)20-35(29)48-38)21-49-16-14-28(15-17-49)51(6,7)23-26-10-12-27(13-11-26)47-39(52)25(2)46-42(55)59-43(3,4)5/h10-13,18-20,25,28,56H,9,14-17,21-24H2,1-8H3,(H-,46,47,52,55)/p+1/t25-,44-/m0/s1. The molecule has 2 amide bonds. The average Bonchev–Trinajstić information content (AvgIpc) is 3.54. The number of halogens is 1. The number of carbonyl (C=O) groups excluding carboxylic acids is 3. The smallest absolute Gasteiger partial charge is 0.408 e. The fraction of sp³-hybridized carbons (Fsp3) is 0.477. The quantitative estimate of drug-likeness (QED) is 0.124. The van der Waals surface area contributed by atoms with Crippen LogP contribution in [0.2, 0.25) is 0 Å². The summed E-state index contributed by atoms with van der Waals surface area (Å²) >= 11 is 0. The van der Waals surface area contributed by atoms with Crippen LogP contribution >= 0.6 is 0 Å². The highest BCUT2D eigenvalue weighted by Gasteiger charge is 2.45. The molecule has 0 spiro atoms. The summed E-state index contributed by atoms with van der Waals surface area (Å²) in [6.07, 6.45) is 1.25. The number of alkyl carbamates (subject to hydrolysis) is 1. The largest absolute Gasteiger partial charge is 0.494 e. The minimum Gasteiger partial charge on any atom is -0.494 e. The zero-order valence-corrected chi connectivity index (χ0v) is 35.0. The van der Waals surface area contributed by atoms with Gasteiger partial charge in [0.05, 0.1) is 56.3 Å². The molecular weight excluding hydrogens is 760 g/mol. The van der Waals surface area contributed by atoms with Gasteiger partial charge in [-0.05, 0) is 63.9 Å². The highest BCUT2D eigenvalue weighted by Crippen LogP contribution is 2.42. The number of esters is 1. The Hall–Kier alpha value is -5.38. The summed E-state index contributed by atoms with van der Waals surface area (Å²) in [6.45, 7) is 11.5. The summed E-state index contributed by atoms with van der Waals surface area (Å²) in [7, 11) is 5.89. The van der Waals surface area contributed by atoms with Crippen molar-refractivity contribution in [3.8, 4) is 17.1 Å². The number of ether oxygens (including phenoxy) is 3. The molecule has 0 radical (unpaired) electrons. The van der Waals surface area contributed by atoms with E-state index in [4.69, 9.17) is 19.2 Å². The summed E-state index contributed by atoms with van der Waals surface area (Å²) in [5.74, 6) is -1.59. The Labute approximate surface area is 342 Å². The van der Waals surface area contributed by atoms with Crippen molar-refractivity contribution < 1.29 is 42.6 Å². The van der Waals surface area contributed by atoms with Gasteiger partial charge in [-0.2, -0.15) is 0 Å². The molecule has 3 N–H and O–H groups in total. The highest BCUT2D eigenvalue weighted by molar-refractivity contribution is 5.96. The third kappa shape index (κ3) is 8.15. The number of hydrogen-bond donors (Lipinski definition) is 3. The van der Waals surface area contributed by atoms with Crippen LogP contribution in [0.4, 0.5) is 14.9 Å². The van der Waals surface area contributed by atoms with E-state index in [1.807, 2.05) is 24.3 Å². The van der Waals surface area contributed by atoms with Crippen molar-refractivity contribution in [3.05, 3.63) is 86.5 Å². The van der Waals surface area contributed by atoms with Crippen molar-refractivity contribution >= 4 is 34.6 Å². The lowest BCUT2D eigenvalue weighted by atomic mass is 9.86. The average molecular weight is 814 g/mol. The monoisotopic (exact) mass is 813 g/mol. The van der Waals surface area contributed by atoms with E-state index in [1.54, 1.807) is 51.3 Å². The van der Waals surface area contributed by atoms with Gasteiger partial charge in [0.25, 0.3) is 5.56 Å². The Balaban J connectivity index is 1.06. The molecule has 2 atom stereocenters. The molecule has 59 heavy (non-hydrogen) atoms. The number of piperidine rings is 1. The lowest BCUT2D eigenvalue weighted by molar-refractivity contribution is -0.929. The number of nitrogens with one attached hydrogen (secondary N) is 2. The van der Waals surface area contributed by atoms with Crippen molar-refractivity contribution in [3.63, 3.8) is 0 Å². The van der Waals surface area contributed by atoms with Crippen molar-refractivity contribution in [2.24, 2.45) is 0 Å². The van der Waals surface area contributed by atoms with Crippen molar-refractivity contribution in [1.29, 1.82) is 0 Å². The Morgan fingerprint density at radius 3 is 2.44 bits per heavy atom. The van der Waals surface area contributed by atoms with Crippen LogP contribution in [0.1, 0.15) is 81.7 Å². The predicted octanol–water partition coefficient (Wildman–Crippen LogP) is 5.32. The predicted molar refractivity (Wildman–Crippen MR) is 219 cm³/mol. The summed E-state index contributed by atoms with van der Waals surface area (Å²) in [6, 6.07) is 12.1. The molecule has 314 valence electrons. The lowest BCUT2D eigenvalue weighted by Crippen LogP contribution is -2.53. The maximum absolute atomic E-state index is 15.2. The van der Waals surface area contributed by atoms with Gasteiger partial charge >= 0.3 is 12.1 Å². The number of fused-ring (bicyclic) bond motifs is 5. The van der Waals surface area contributed by atoms with Crippen molar-refractivity contribution in [1.82, 2.24) is 19.8 Å². The second-order valence-corrected chi connectivity index (χ2v) is 17.5. The molecule has 0 unspecified atom stereocenters. The van der Waals surface area contributed by atoms with E-state index in [9.17, 15) is 24.3 Å². The van der Waals surface area contributed by atoms with Gasteiger partial charge in [0.1, 0.15) is 24.8 Å². The van der Waals surface area contributed by atoms with Crippen LogP contribution in [0.25, 0.3) is 22.3 Å². The number of amides is 2. The Morgan fingerprint density at radius 2 is 1.80 bits per heavy atom. The molecule has 4 aromatic rings.